The lowest BCUT2D eigenvalue weighted by Gasteiger charge is -2.21. The van der Waals surface area contributed by atoms with Crippen LogP contribution in [0.15, 0.2) is 43.1 Å². The minimum Gasteiger partial charge on any atom is -0.493 e. The number of carbonyl (C=O) groups excluding carboxylic acids is 1. The number of fused-ring (bicyclic) bond motifs is 2. The Hall–Kier alpha value is -3.87. The number of carbonyl (C=O) groups is 1. The average molecular weight is 573 g/mol. The summed E-state index contributed by atoms with van der Waals surface area (Å²) in [6, 6.07) is 12.5. The van der Waals surface area contributed by atoms with Gasteiger partial charge in [0.15, 0.2) is 0 Å². The first-order valence-electron chi connectivity index (χ1n) is 13.9. The summed E-state index contributed by atoms with van der Waals surface area (Å²) < 4.78 is 21.5. The molecule has 0 fully saturated rings. The molecule has 2 aromatic heterocycles. The molecule has 0 radical (unpaired) electrons. The topological polar surface area (TPSA) is 91.3 Å². The summed E-state index contributed by atoms with van der Waals surface area (Å²) >= 11 is 0. The normalized spacial score (nSPS) is 12.1. The van der Waals surface area contributed by atoms with E-state index in [1.807, 2.05) is 57.4 Å². The van der Waals surface area contributed by atoms with Crippen molar-refractivity contribution in [2.75, 3.05) is 13.2 Å². The number of rotatable bonds is 9. The molecule has 2 heterocycles. The van der Waals surface area contributed by atoms with E-state index in [9.17, 15) is 10.1 Å². The minimum atomic E-state index is -1.27. The highest BCUT2D eigenvalue weighted by molar-refractivity contribution is 6.76. The van der Waals surface area contributed by atoms with Gasteiger partial charge >= 0.3 is 6.09 Å². The zero-order valence-corrected chi connectivity index (χ0v) is 26.4. The number of aryl methyl sites for hydroxylation is 1. The maximum atomic E-state index is 13.1. The quantitative estimate of drug-likeness (QED) is 0.151. The molecule has 0 unspecified atom stereocenters. The first kappa shape index (κ1) is 30.1. The van der Waals surface area contributed by atoms with Gasteiger partial charge in [-0.15, -0.1) is 0 Å². The third kappa shape index (κ3) is 6.55. The van der Waals surface area contributed by atoms with Crippen molar-refractivity contribution in [2.24, 2.45) is 0 Å². The number of hydrogen-bond donors (Lipinski definition) is 0. The third-order valence-corrected chi connectivity index (χ3v) is 8.38. The first-order chi connectivity index (χ1) is 19.2. The summed E-state index contributed by atoms with van der Waals surface area (Å²) in [6.07, 6.45) is 1.27. The van der Waals surface area contributed by atoms with Crippen LogP contribution < -0.4 is 4.74 Å². The summed E-state index contributed by atoms with van der Waals surface area (Å²) in [6.45, 7) is 22.3. The summed E-state index contributed by atoms with van der Waals surface area (Å²) in [5, 5.41) is 10.3. The molecular weight excluding hydrogens is 532 g/mol. The monoisotopic (exact) mass is 572 g/mol. The smallest absolute Gasteiger partial charge is 0.419 e. The fraction of sp³-hybridized carbons (Fsp3) is 0.406. The second kappa shape index (κ2) is 11.5. The Morgan fingerprint density at radius 3 is 2.54 bits per heavy atom. The second-order valence-electron chi connectivity index (χ2n) is 12.4. The largest absolute Gasteiger partial charge is 0.493 e. The Balaban J connectivity index is 1.87. The van der Waals surface area contributed by atoms with E-state index in [0.717, 1.165) is 33.6 Å². The van der Waals surface area contributed by atoms with Crippen LogP contribution in [0.4, 0.5) is 4.79 Å². The molecule has 0 N–H and O–H groups in total. The Morgan fingerprint density at radius 1 is 1.17 bits per heavy atom. The van der Waals surface area contributed by atoms with Gasteiger partial charge < -0.3 is 14.2 Å². The second-order valence-corrected chi connectivity index (χ2v) is 18.1. The Morgan fingerprint density at radius 2 is 1.90 bits per heavy atom. The molecule has 8 nitrogen and oxygen atoms in total. The molecule has 0 saturated carbocycles. The van der Waals surface area contributed by atoms with Crippen LogP contribution in [0.3, 0.4) is 0 Å². The Bertz CT molecular complexity index is 1660. The van der Waals surface area contributed by atoms with Crippen LogP contribution in [-0.2, 0) is 16.2 Å². The van der Waals surface area contributed by atoms with Crippen LogP contribution in [0.1, 0.15) is 50.2 Å². The Labute approximate surface area is 243 Å². The van der Waals surface area contributed by atoms with Crippen LogP contribution >= 0.6 is 0 Å². The van der Waals surface area contributed by atoms with Gasteiger partial charge in [0, 0.05) is 37.4 Å². The number of aromatic nitrogens is 3. The molecule has 0 aliphatic heterocycles. The SMILES string of the molecule is C=C(c1c(OCC)cc(C)c2c1ccn2C(=O)OC(C)(C)C)c1nc2cc(C#N)ccc2n1COCC[Si](C)(C)C. The third-order valence-electron chi connectivity index (χ3n) is 6.68. The molecule has 0 spiro atoms. The maximum absolute atomic E-state index is 13.1. The Kier molecular flexibility index (Phi) is 8.48. The highest BCUT2D eigenvalue weighted by atomic mass is 28.3. The molecule has 9 heteroatoms. The molecular formula is C32H40N4O4Si. The van der Waals surface area contributed by atoms with Gasteiger partial charge in [0.2, 0.25) is 0 Å². The van der Waals surface area contributed by atoms with Crippen molar-refractivity contribution in [1.29, 1.82) is 5.26 Å². The number of nitriles is 1. The lowest BCUT2D eigenvalue weighted by atomic mass is 9.98. The van der Waals surface area contributed by atoms with Gasteiger partial charge in [0.25, 0.3) is 0 Å². The molecule has 4 rings (SSSR count). The summed E-state index contributed by atoms with van der Waals surface area (Å²) in [4.78, 5) is 18.1. The van der Waals surface area contributed by atoms with E-state index < -0.39 is 19.8 Å². The van der Waals surface area contributed by atoms with Crippen molar-refractivity contribution in [1.82, 2.24) is 14.1 Å². The van der Waals surface area contributed by atoms with Gasteiger partial charge in [-0.3, -0.25) is 9.13 Å². The van der Waals surface area contributed by atoms with Crippen LogP contribution in [0.5, 0.6) is 5.75 Å². The molecule has 0 aliphatic rings. The van der Waals surface area contributed by atoms with Crippen LogP contribution in [0, 0.1) is 18.3 Å². The van der Waals surface area contributed by atoms with Gasteiger partial charge in [-0.1, -0.05) is 26.2 Å². The molecule has 0 aliphatic carbocycles. The predicted molar refractivity (Wildman–Crippen MR) is 166 cm³/mol. The van der Waals surface area contributed by atoms with Crippen LogP contribution in [-0.4, -0.2) is 47.1 Å². The fourth-order valence-electron chi connectivity index (χ4n) is 4.76. The van der Waals surface area contributed by atoms with E-state index in [1.54, 1.807) is 18.3 Å². The zero-order chi connectivity index (χ0) is 30.1. The van der Waals surface area contributed by atoms with E-state index >= 15 is 0 Å². The molecule has 0 atom stereocenters. The molecule has 0 bridgehead atoms. The summed E-state index contributed by atoms with van der Waals surface area (Å²) in [5.74, 6) is 1.26. The van der Waals surface area contributed by atoms with Crippen molar-refractivity contribution < 1.29 is 19.0 Å². The lowest BCUT2D eigenvalue weighted by molar-refractivity contribution is 0.0544. The maximum Gasteiger partial charge on any atom is 0.419 e. The van der Waals surface area contributed by atoms with E-state index in [-0.39, 0.29) is 0 Å². The lowest BCUT2D eigenvalue weighted by Crippen LogP contribution is -2.26. The van der Waals surface area contributed by atoms with Gasteiger partial charge in [-0.25, -0.2) is 9.78 Å². The van der Waals surface area contributed by atoms with E-state index in [1.165, 1.54) is 4.57 Å². The van der Waals surface area contributed by atoms with E-state index in [2.05, 4.69) is 32.3 Å². The summed E-state index contributed by atoms with van der Waals surface area (Å²) in [5.41, 5.74) is 4.39. The number of imidazole rings is 1. The van der Waals surface area contributed by atoms with Gasteiger partial charge in [-0.05, 0) is 76.6 Å². The molecule has 4 aromatic rings. The highest BCUT2D eigenvalue weighted by Gasteiger charge is 2.26. The van der Waals surface area contributed by atoms with E-state index in [0.29, 0.717) is 48.2 Å². The number of hydrogen-bond acceptors (Lipinski definition) is 6. The van der Waals surface area contributed by atoms with Gasteiger partial charge in [0.05, 0.1) is 34.8 Å². The standard InChI is InChI=1S/C32H40N4O4Si/c1-10-39-27-17-21(2)29-24(13-14-35(29)31(37)40-32(4,5)6)28(27)22(3)30-34-25-18-23(19-33)11-12-26(25)36(30)20-38-15-16-41(7,8)9/h11-14,17-18H,3,10,15-16,20H2,1-2,4-9H3. The summed E-state index contributed by atoms with van der Waals surface area (Å²) in [7, 11) is -1.27. The van der Waals surface area contributed by atoms with Crippen molar-refractivity contribution >= 4 is 41.7 Å². The molecule has 0 saturated heterocycles. The van der Waals surface area contributed by atoms with Gasteiger partial charge in [0.1, 0.15) is 23.9 Å². The zero-order valence-electron chi connectivity index (χ0n) is 25.4. The van der Waals surface area contributed by atoms with Gasteiger partial charge in [-0.2, -0.15) is 5.26 Å². The molecule has 0 amide bonds. The highest BCUT2D eigenvalue weighted by Crippen LogP contribution is 2.39. The van der Waals surface area contributed by atoms with Crippen molar-refractivity contribution in [3.8, 4) is 11.8 Å². The fourth-order valence-corrected chi connectivity index (χ4v) is 5.51. The van der Waals surface area contributed by atoms with Crippen molar-refractivity contribution in [3.63, 3.8) is 0 Å². The average Bonchev–Trinajstić information content (AvgIpc) is 3.47. The molecule has 41 heavy (non-hydrogen) atoms. The molecule has 216 valence electrons. The predicted octanol–water partition coefficient (Wildman–Crippen LogP) is 7.73. The van der Waals surface area contributed by atoms with Crippen molar-refractivity contribution in [3.05, 3.63) is 65.6 Å². The number of benzene rings is 2. The number of nitrogens with zero attached hydrogens (tertiary/aromatic N) is 4. The molecule has 2 aromatic carbocycles. The van der Waals surface area contributed by atoms with E-state index in [4.69, 9.17) is 19.2 Å². The minimum absolute atomic E-state index is 0.291. The number of ether oxygens (including phenoxy) is 3. The first-order valence-corrected chi connectivity index (χ1v) is 17.6. The van der Waals surface area contributed by atoms with Crippen LogP contribution in [0.25, 0.3) is 27.5 Å². The van der Waals surface area contributed by atoms with Crippen LogP contribution in [0.2, 0.25) is 25.7 Å². The van der Waals surface area contributed by atoms with Crippen molar-refractivity contribution in [2.45, 2.75) is 72.6 Å².